The summed E-state index contributed by atoms with van der Waals surface area (Å²) in [7, 11) is 0. The van der Waals surface area contributed by atoms with Crippen molar-refractivity contribution in [1.82, 2.24) is 0 Å². The van der Waals surface area contributed by atoms with Crippen LogP contribution in [-0.2, 0) is 5.88 Å². The van der Waals surface area contributed by atoms with E-state index in [1.807, 2.05) is 13.0 Å². The maximum atomic E-state index is 5.56. The Balaban J connectivity index is 3.01. The third kappa shape index (κ3) is 1.49. The van der Waals surface area contributed by atoms with Gasteiger partial charge in [0.25, 0.3) is 0 Å². The first-order valence-electron chi connectivity index (χ1n) is 2.55. The van der Waals surface area contributed by atoms with E-state index >= 15 is 0 Å². The largest absolute Gasteiger partial charge is 0.454 e. The van der Waals surface area contributed by atoms with E-state index in [2.05, 4.69) is 15.9 Å². The zero-order valence-electron chi connectivity index (χ0n) is 4.95. The normalized spacial score (nSPS) is 10.1. The highest BCUT2D eigenvalue weighted by molar-refractivity contribution is 9.10. The van der Waals surface area contributed by atoms with E-state index in [0.717, 1.165) is 16.0 Å². The molecule has 0 fully saturated rings. The summed E-state index contributed by atoms with van der Waals surface area (Å²) in [5.74, 6) is 1.38. The van der Waals surface area contributed by atoms with Crippen LogP contribution < -0.4 is 0 Å². The molecule has 1 rings (SSSR count). The van der Waals surface area contributed by atoms with Gasteiger partial charge in [-0.2, -0.15) is 0 Å². The van der Waals surface area contributed by atoms with Crippen LogP contribution in [0.25, 0.3) is 0 Å². The van der Waals surface area contributed by atoms with Gasteiger partial charge in [0.1, 0.15) is 5.76 Å². The summed E-state index contributed by atoms with van der Waals surface area (Å²) in [6.07, 6.45) is 0. The van der Waals surface area contributed by atoms with Crippen molar-refractivity contribution in [2.24, 2.45) is 0 Å². The summed E-state index contributed by atoms with van der Waals surface area (Å²) in [5.41, 5.74) is 1.01. The van der Waals surface area contributed by atoms with E-state index in [4.69, 9.17) is 16.0 Å². The summed E-state index contributed by atoms with van der Waals surface area (Å²) in [5, 5.41) is 0. The van der Waals surface area contributed by atoms with Crippen molar-refractivity contribution in [3.63, 3.8) is 0 Å². The second-order valence-corrected chi connectivity index (χ2v) is 2.78. The second kappa shape index (κ2) is 2.76. The van der Waals surface area contributed by atoms with Crippen molar-refractivity contribution in [3.05, 3.63) is 22.1 Å². The third-order valence-corrected chi connectivity index (χ3v) is 1.98. The average molecular weight is 209 g/mol. The minimum Gasteiger partial charge on any atom is -0.454 e. The second-order valence-electron chi connectivity index (χ2n) is 1.79. The molecular weight excluding hydrogens is 203 g/mol. The molecule has 0 aliphatic heterocycles. The lowest BCUT2D eigenvalue weighted by Crippen LogP contribution is -1.68. The third-order valence-electron chi connectivity index (χ3n) is 1.02. The Bertz CT molecular complexity index is 207. The van der Waals surface area contributed by atoms with E-state index in [-0.39, 0.29) is 0 Å². The molecule has 3 heteroatoms. The maximum Gasteiger partial charge on any atom is 0.173 e. The minimum absolute atomic E-state index is 0.498. The van der Waals surface area contributed by atoms with Crippen LogP contribution in [0.2, 0.25) is 0 Å². The fourth-order valence-corrected chi connectivity index (χ4v) is 1.50. The van der Waals surface area contributed by atoms with E-state index in [0.29, 0.717) is 5.88 Å². The van der Waals surface area contributed by atoms with Crippen LogP contribution in [0.15, 0.2) is 15.2 Å². The molecule has 1 aromatic rings. The first kappa shape index (κ1) is 7.16. The number of halogens is 2. The van der Waals surface area contributed by atoms with Gasteiger partial charge in [-0.15, -0.1) is 11.6 Å². The average Bonchev–Trinajstić information content (AvgIpc) is 2.10. The molecule has 0 saturated carbocycles. The highest BCUT2D eigenvalue weighted by Crippen LogP contribution is 2.22. The minimum atomic E-state index is 0.498. The van der Waals surface area contributed by atoms with Crippen LogP contribution in [0, 0.1) is 6.92 Å². The Morgan fingerprint density at radius 1 is 1.78 bits per heavy atom. The van der Waals surface area contributed by atoms with Crippen molar-refractivity contribution in [2.75, 3.05) is 0 Å². The van der Waals surface area contributed by atoms with Gasteiger partial charge in [-0.05, 0) is 28.9 Å². The molecule has 0 unspecified atom stereocenters. The van der Waals surface area contributed by atoms with Crippen LogP contribution in [-0.4, -0.2) is 0 Å². The molecule has 1 heterocycles. The molecule has 1 nitrogen and oxygen atoms in total. The Labute approximate surface area is 67.1 Å². The molecular formula is C6H6BrClO. The molecule has 0 aromatic carbocycles. The SMILES string of the molecule is Cc1cc(CCl)c(Br)o1. The van der Waals surface area contributed by atoms with E-state index in [1.165, 1.54) is 0 Å². The summed E-state index contributed by atoms with van der Waals surface area (Å²) in [6.45, 7) is 1.89. The lowest BCUT2D eigenvalue weighted by atomic mass is 10.3. The molecule has 0 aliphatic carbocycles. The first-order chi connectivity index (χ1) is 4.24. The van der Waals surface area contributed by atoms with Gasteiger partial charge in [0, 0.05) is 5.56 Å². The van der Waals surface area contributed by atoms with Crippen molar-refractivity contribution in [1.29, 1.82) is 0 Å². The first-order valence-corrected chi connectivity index (χ1v) is 3.87. The standard InChI is InChI=1S/C6H6BrClO/c1-4-2-5(3-8)6(7)9-4/h2H,3H2,1H3. The molecule has 0 saturated heterocycles. The highest BCUT2D eigenvalue weighted by Gasteiger charge is 2.02. The van der Waals surface area contributed by atoms with Crippen LogP contribution in [0.3, 0.4) is 0 Å². The molecule has 50 valence electrons. The Morgan fingerprint density at radius 3 is 2.67 bits per heavy atom. The van der Waals surface area contributed by atoms with Gasteiger partial charge >= 0.3 is 0 Å². The number of rotatable bonds is 1. The number of alkyl halides is 1. The van der Waals surface area contributed by atoms with Crippen molar-refractivity contribution < 1.29 is 4.42 Å². The zero-order valence-corrected chi connectivity index (χ0v) is 7.29. The van der Waals surface area contributed by atoms with Gasteiger partial charge in [0.2, 0.25) is 0 Å². The fourth-order valence-electron chi connectivity index (χ4n) is 0.630. The molecule has 0 bridgehead atoms. The molecule has 0 atom stereocenters. The van der Waals surface area contributed by atoms with Gasteiger partial charge in [-0.1, -0.05) is 0 Å². The maximum absolute atomic E-state index is 5.56. The number of furan rings is 1. The monoisotopic (exact) mass is 208 g/mol. The molecule has 0 amide bonds. The topological polar surface area (TPSA) is 13.1 Å². The Hall–Kier alpha value is 0.0500. The highest BCUT2D eigenvalue weighted by atomic mass is 79.9. The van der Waals surface area contributed by atoms with E-state index in [9.17, 15) is 0 Å². The van der Waals surface area contributed by atoms with E-state index < -0.39 is 0 Å². The van der Waals surface area contributed by atoms with Gasteiger partial charge in [-0.3, -0.25) is 0 Å². The van der Waals surface area contributed by atoms with Crippen LogP contribution in [0.5, 0.6) is 0 Å². The van der Waals surface area contributed by atoms with Crippen molar-refractivity contribution in [2.45, 2.75) is 12.8 Å². The molecule has 0 spiro atoms. The van der Waals surface area contributed by atoms with Gasteiger partial charge in [0.05, 0.1) is 5.88 Å². The van der Waals surface area contributed by atoms with Gasteiger partial charge in [0.15, 0.2) is 4.67 Å². The predicted octanol–water partition coefficient (Wildman–Crippen LogP) is 3.09. The van der Waals surface area contributed by atoms with Crippen LogP contribution in [0.4, 0.5) is 0 Å². The van der Waals surface area contributed by atoms with Crippen LogP contribution >= 0.6 is 27.5 Å². The van der Waals surface area contributed by atoms with Crippen molar-refractivity contribution in [3.8, 4) is 0 Å². The van der Waals surface area contributed by atoms with Gasteiger partial charge in [-0.25, -0.2) is 0 Å². The van der Waals surface area contributed by atoms with Crippen molar-refractivity contribution >= 4 is 27.5 Å². The predicted molar refractivity (Wildman–Crippen MR) is 40.7 cm³/mol. The molecule has 9 heavy (non-hydrogen) atoms. The molecule has 1 aromatic heterocycles. The summed E-state index contributed by atoms with van der Waals surface area (Å²) in [4.78, 5) is 0. The number of hydrogen-bond acceptors (Lipinski definition) is 1. The summed E-state index contributed by atoms with van der Waals surface area (Å²) in [6, 6.07) is 1.91. The van der Waals surface area contributed by atoms with E-state index in [1.54, 1.807) is 0 Å². The number of aryl methyl sites for hydroxylation is 1. The van der Waals surface area contributed by atoms with Gasteiger partial charge < -0.3 is 4.42 Å². The fraction of sp³-hybridized carbons (Fsp3) is 0.333. The summed E-state index contributed by atoms with van der Waals surface area (Å²) < 4.78 is 5.88. The Morgan fingerprint density at radius 2 is 2.44 bits per heavy atom. The zero-order chi connectivity index (χ0) is 6.85. The van der Waals surface area contributed by atoms with Crippen LogP contribution in [0.1, 0.15) is 11.3 Å². The Kier molecular flexibility index (Phi) is 2.19. The quantitative estimate of drug-likeness (QED) is 0.648. The lowest BCUT2D eigenvalue weighted by Gasteiger charge is -1.82. The molecule has 0 N–H and O–H groups in total. The molecule has 0 radical (unpaired) electrons. The molecule has 0 aliphatic rings. The number of hydrogen-bond donors (Lipinski definition) is 0. The smallest absolute Gasteiger partial charge is 0.173 e. The lowest BCUT2D eigenvalue weighted by molar-refractivity contribution is 0.508. The summed E-state index contributed by atoms with van der Waals surface area (Å²) >= 11 is 8.78.